The maximum atomic E-state index is 14.4. The zero-order chi connectivity index (χ0) is 23.7. The number of carbonyl (C=O) groups is 1. The molecule has 32 heavy (non-hydrogen) atoms. The van der Waals surface area contributed by atoms with E-state index in [9.17, 15) is 17.8 Å². The summed E-state index contributed by atoms with van der Waals surface area (Å²) in [7, 11) is -8.61. The third kappa shape index (κ3) is 4.62. The van der Waals surface area contributed by atoms with Crippen LogP contribution in [-0.4, -0.2) is 26.4 Å². The summed E-state index contributed by atoms with van der Waals surface area (Å²) < 4.78 is 55.4. The molecule has 3 rings (SSSR count). The van der Waals surface area contributed by atoms with Crippen LogP contribution in [0.25, 0.3) is 0 Å². The van der Waals surface area contributed by atoms with Gasteiger partial charge < -0.3 is 9.05 Å². The van der Waals surface area contributed by atoms with Gasteiger partial charge in [0.2, 0.25) is 15.8 Å². The van der Waals surface area contributed by atoms with Gasteiger partial charge in [0, 0.05) is 11.1 Å². The fourth-order valence-corrected chi connectivity index (χ4v) is 8.08. The molecule has 1 aliphatic carbocycles. The predicted octanol–water partition coefficient (Wildman–Crippen LogP) is 5.18. The van der Waals surface area contributed by atoms with Gasteiger partial charge in [0.15, 0.2) is 5.28 Å². The molecule has 0 spiro atoms. The first-order chi connectivity index (χ1) is 14.9. The van der Waals surface area contributed by atoms with E-state index >= 15 is 0 Å². The molecule has 0 bridgehead atoms. The Morgan fingerprint density at radius 2 is 1.47 bits per heavy atom. The van der Waals surface area contributed by atoms with Gasteiger partial charge in [-0.05, 0) is 45.9 Å². The van der Waals surface area contributed by atoms with Crippen LogP contribution >= 0.6 is 19.2 Å². The number of hydrogen-bond donors (Lipinski definition) is 1. The van der Waals surface area contributed by atoms with E-state index in [1.807, 2.05) is 0 Å². The van der Waals surface area contributed by atoms with Gasteiger partial charge in [-0.15, -0.1) is 0 Å². The molecular weight excluding hydrogens is 473 g/mol. The highest BCUT2D eigenvalue weighted by atomic mass is 35.5. The van der Waals surface area contributed by atoms with E-state index in [2.05, 4.69) is 4.72 Å². The molecule has 2 aromatic carbocycles. The Bertz CT molecular complexity index is 1180. The van der Waals surface area contributed by atoms with Crippen molar-refractivity contribution in [3.63, 3.8) is 0 Å². The maximum absolute atomic E-state index is 14.4. The van der Waals surface area contributed by atoms with Crippen LogP contribution in [0, 0.1) is 0 Å². The molecule has 0 saturated carbocycles. The Labute approximate surface area is 193 Å². The normalized spacial score (nSPS) is 19.2. The molecule has 0 radical (unpaired) electrons. The summed E-state index contributed by atoms with van der Waals surface area (Å²) in [5, 5.41) is -2.36. The van der Waals surface area contributed by atoms with Crippen LogP contribution in [0.2, 0.25) is 0 Å². The van der Waals surface area contributed by atoms with E-state index in [4.69, 9.17) is 20.6 Å². The Balaban J connectivity index is 2.36. The van der Waals surface area contributed by atoms with Crippen LogP contribution in [0.5, 0.6) is 0 Å². The molecule has 10 heteroatoms. The standard InChI is InChI=1S/C22H25ClNO6PS/c1-15(2)29-31(26,30-16(3)4)22(24-32(27,28)17-10-6-5-7-11-17)14-20(23)21(25)18-12-8-9-13-19(18)22/h5-16,24H,1-4H3. The molecule has 1 aliphatic rings. The van der Waals surface area contributed by atoms with Gasteiger partial charge in [-0.2, -0.15) is 4.72 Å². The summed E-state index contributed by atoms with van der Waals surface area (Å²) in [5.41, 5.74) is 0.245. The van der Waals surface area contributed by atoms with Gasteiger partial charge in [0.05, 0.1) is 22.1 Å². The molecule has 0 amide bonds. The van der Waals surface area contributed by atoms with Gasteiger partial charge in [-0.25, -0.2) is 8.42 Å². The topological polar surface area (TPSA) is 98.8 Å². The summed E-state index contributed by atoms with van der Waals surface area (Å²) in [4.78, 5) is 12.7. The highest BCUT2D eigenvalue weighted by Gasteiger charge is 2.58. The Morgan fingerprint density at radius 1 is 0.938 bits per heavy atom. The average molecular weight is 498 g/mol. The van der Waals surface area contributed by atoms with E-state index in [1.54, 1.807) is 58.0 Å². The lowest BCUT2D eigenvalue weighted by atomic mass is 9.92. The van der Waals surface area contributed by atoms with Crippen molar-refractivity contribution in [3.8, 4) is 0 Å². The van der Waals surface area contributed by atoms with Gasteiger partial charge in [-0.1, -0.05) is 54.1 Å². The van der Waals surface area contributed by atoms with Crippen molar-refractivity contribution < 1.29 is 26.8 Å². The number of rotatable bonds is 8. The second kappa shape index (κ2) is 9.21. The second-order valence-electron chi connectivity index (χ2n) is 7.86. The fraction of sp³-hybridized carbons (Fsp3) is 0.318. The predicted molar refractivity (Wildman–Crippen MR) is 123 cm³/mol. The van der Waals surface area contributed by atoms with E-state index in [1.165, 1.54) is 24.3 Å². The first-order valence-corrected chi connectivity index (χ1v) is 13.4. The lowest BCUT2D eigenvalue weighted by Gasteiger charge is -2.41. The number of fused-ring (bicyclic) bond motifs is 1. The van der Waals surface area contributed by atoms with Gasteiger partial charge >= 0.3 is 7.60 Å². The lowest BCUT2D eigenvalue weighted by molar-refractivity contribution is 0.103. The number of nitrogens with one attached hydrogen (secondary N) is 1. The first kappa shape index (κ1) is 24.8. The summed E-state index contributed by atoms with van der Waals surface area (Å²) in [6.07, 6.45) is -0.0464. The number of ketones is 1. The molecule has 1 atom stereocenters. The molecule has 1 unspecified atom stereocenters. The molecule has 0 fully saturated rings. The Morgan fingerprint density at radius 3 is 2.03 bits per heavy atom. The monoisotopic (exact) mass is 497 g/mol. The molecule has 0 heterocycles. The molecule has 0 aromatic heterocycles. The van der Waals surface area contributed by atoms with Crippen molar-refractivity contribution in [1.29, 1.82) is 0 Å². The molecule has 1 N–H and O–H groups in total. The highest BCUT2D eigenvalue weighted by Crippen LogP contribution is 2.67. The fourth-order valence-electron chi connectivity index (χ4n) is 3.45. The van der Waals surface area contributed by atoms with E-state index in [0.717, 1.165) is 6.08 Å². The summed E-state index contributed by atoms with van der Waals surface area (Å²) in [5.74, 6) is -0.516. The van der Waals surface area contributed by atoms with Crippen molar-refractivity contribution in [2.75, 3.05) is 0 Å². The van der Waals surface area contributed by atoms with Crippen LogP contribution in [0.15, 0.2) is 70.6 Å². The van der Waals surface area contributed by atoms with Gasteiger partial charge in [0.25, 0.3) is 0 Å². The number of benzene rings is 2. The van der Waals surface area contributed by atoms with Crippen molar-refractivity contribution >= 4 is 35.0 Å². The average Bonchev–Trinajstić information content (AvgIpc) is 2.71. The zero-order valence-electron chi connectivity index (χ0n) is 18.1. The van der Waals surface area contributed by atoms with Crippen molar-refractivity contribution in [3.05, 3.63) is 76.8 Å². The number of halogens is 1. The number of allylic oxidation sites excluding steroid dienone is 1. The smallest absolute Gasteiger partial charge is 0.304 e. The van der Waals surface area contributed by atoms with Gasteiger partial charge in [-0.3, -0.25) is 9.36 Å². The largest absolute Gasteiger partial charge is 0.360 e. The summed E-state index contributed by atoms with van der Waals surface area (Å²) in [6.45, 7) is 6.61. The third-order valence-corrected chi connectivity index (χ3v) is 9.27. The minimum Gasteiger partial charge on any atom is -0.304 e. The Kier molecular flexibility index (Phi) is 7.15. The Hall–Kier alpha value is -1.80. The van der Waals surface area contributed by atoms with Crippen LogP contribution in [0.1, 0.15) is 43.6 Å². The first-order valence-electron chi connectivity index (χ1n) is 10.0. The lowest BCUT2D eigenvalue weighted by Crippen LogP contribution is -2.48. The van der Waals surface area contributed by atoms with Crippen molar-refractivity contribution in [2.24, 2.45) is 0 Å². The van der Waals surface area contributed by atoms with Crippen molar-refractivity contribution in [1.82, 2.24) is 4.72 Å². The molecule has 0 saturated heterocycles. The third-order valence-electron chi connectivity index (χ3n) is 4.61. The minimum absolute atomic E-state index is 0.0566. The van der Waals surface area contributed by atoms with E-state index < -0.39 is 40.9 Å². The van der Waals surface area contributed by atoms with E-state index in [0.29, 0.717) is 0 Å². The highest BCUT2D eigenvalue weighted by molar-refractivity contribution is 7.90. The second-order valence-corrected chi connectivity index (χ2v) is 12.1. The minimum atomic E-state index is -4.35. The van der Waals surface area contributed by atoms with Gasteiger partial charge in [0.1, 0.15) is 0 Å². The van der Waals surface area contributed by atoms with Crippen LogP contribution in [0.4, 0.5) is 0 Å². The quantitative estimate of drug-likeness (QED) is 0.504. The molecule has 172 valence electrons. The molecule has 7 nitrogen and oxygen atoms in total. The van der Waals surface area contributed by atoms with Crippen LogP contribution < -0.4 is 4.72 Å². The van der Waals surface area contributed by atoms with Crippen LogP contribution in [0.3, 0.4) is 0 Å². The summed E-state index contributed by atoms with van der Waals surface area (Å²) in [6, 6.07) is 13.8. The van der Waals surface area contributed by atoms with Crippen molar-refractivity contribution in [2.45, 2.75) is 50.1 Å². The van der Waals surface area contributed by atoms with Crippen LogP contribution in [-0.2, 0) is 28.9 Å². The number of carbonyl (C=O) groups excluding carboxylic acids is 1. The zero-order valence-corrected chi connectivity index (χ0v) is 20.6. The molecular formula is C22H25ClNO6PS. The SMILES string of the molecule is CC(C)OP(=O)(OC(C)C)C1(NS(=O)(=O)c2ccccc2)C=C(Cl)C(=O)c2ccccc21. The number of hydrogen-bond acceptors (Lipinski definition) is 6. The number of Topliss-reactive ketones (excluding diaryl/α,β-unsaturated/α-hetero) is 1. The maximum Gasteiger partial charge on any atom is 0.360 e. The molecule has 2 aromatic rings. The van der Waals surface area contributed by atoms with E-state index in [-0.39, 0.29) is 21.1 Å². The number of sulfonamides is 1. The molecule has 0 aliphatic heterocycles. The summed E-state index contributed by atoms with van der Waals surface area (Å²) >= 11 is 6.28.